The van der Waals surface area contributed by atoms with Gasteiger partial charge in [-0.1, -0.05) is 12.8 Å². The lowest BCUT2D eigenvalue weighted by Crippen LogP contribution is -2.54. The van der Waals surface area contributed by atoms with Crippen LogP contribution in [-0.2, 0) is 4.74 Å². The number of benzene rings is 1. The second-order valence-electron chi connectivity index (χ2n) is 7.24. The summed E-state index contributed by atoms with van der Waals surface area (Å²) in [4.78, 5) is 19.8. The Bertz CT molecular complexity index is 807. The Kier molecular flexibility index (Phi) is 5.76. The highest BCUT2D eigenvalue weighted by Crippen LogP contribution is 2.31. The Morgan fingerprint density at radius 2 is 2.07 bits per heavy atom. The molecule has 1 aliphatic carbocycles. The van der Waals surface area contributed by atoms with Gasteiger partial charge in [0, 0.05) is 18.4 Å². The zero-order chi connectivity index (χ0) is 19.3. The van der Waals surface area contributed by atoms with Gasteiger partial charge in [-0.25, -0.2) is 4.98 Å². The maximum Gasteiger partial charge on any atom is 0.258 e. The van der Waals surface area contributed by atoms with E-state index in [1.807, 2.05) is 48.2 Å². The Hall–Kier alpha value is -2.60. The van der Waals surface area contributed by atoms with Gasteiger partial charge in [-0.3, -0.25) is 4.79 Å². The van der Waals surface area contributed by atoms with Gasteiger partial charge in [-0.2, -0.15) is 0 Å². The Morgan fingerprint density at radius 3 is 2.89 bits per heavy atom. The monoisotopic (exact) mass is 381 g/mol. The summed E-state index contributed by atoms with van der Waals surface area (Å²) in [5.41, 5.74) is 1.47. The molecule has 0 bridgehead atoms. The summed E-state index contributed by atoms with van der Waals surface area (Å²) in [6, 6.07) is 11.5. The average Bonchev–Trinajstić information content (AvgIpc) is 2.75. The normalized spacial score (nSPS) is 21.7. The van der Waals surface area contributed by atoms with Gasteiger partial charge in [0.15, 0.2) is 0 Å². The molecule has 6 heteroatoms. The number of hydrogen-bond donors (Lipinski definition) is 1. The highest BCUT2D eigenvalue weighted by molar-refractivity contribution is 5.99. The van der Waals surface area contributed by atoms with Crippen LogP contribution in [0.1, 0.15) is 43.0 Å². The summed E-state index contributed by atoms with van der Waals surface area (Å²) in [6.07, 6.45) is 6.26. The van der Waals surface area contributed by atoms with Gasteiger partial charge in [0.2, 0.25) is 0 Å². The number of ether oxygens (including phenoxy) is 2. The number of fused-ring (bicyclic) bond motifs is 1. The fourth-order valence-electron chi connectivity index (χ4n) is 4.12. The molecule has 6 nitrogen and oxygen atoms in total. The predicted octanol–water partition coefficient (Wildman–Crippen LogP) is 4.01. The van der Waals surface area contributed by atoms with Gasteiger partial charge >= 0.3 is 0 Å². The molecule has 0 spiro atoms. The number of carbonyl (C=O) groups is 1. The first kappa shape index (κ1) is 18.7. The molecule has 2 aromatic rings. The molecule has 0 radical (unpaired) electrons. The van der Waals surface area contributed by atoms with Gasteiger partial charge < -0.3 is 19.7 Å². The molecule has 4 rings (SSSR count). The summed E-state index contributed by atoms with van der Waals surface area (Å²) in [5.74, 6) is 1.43. The summed E-state index contributed by atoms with van der Waals surface area (Å²) in [7, 11) is 0. The van der Waals surface area contributed by atoms with Gasteiger partial charge in [0.25, 0.3) is 5.91 Å². The summed E-state index contributed by atoms with van der Waals surface area (Å²) >= 11 is 0. The number of nitrogens with one attached hydrogen (secondary N) is 1. The lowest BCUT2D eigenvalue weighted by Gasteiger charge is -2.43. The van der Waals surface area contributed by atoms with Crippen molar-refractivity contribution in [1.82, 2.24) is 9.88 Å². The van der Waals surface area contributed by atoms with Crippen LogP contribution in [0.25, 0.3) is 0 Å². The van der Waals surface area contributed by atoms with Crippen LogP contribution in [0.5, 0.6) is 5.75 Å². The maximum atomic E-state index is 13.4. The fraction of sp³-hybridized carbons (Fsp3) is 0.455. The summed E-state index contributed by atoms with van der Waals surface area (Å²) in [5, 5.41) is 3.29. The lowest BCUT2D eigenvalue weighted by molar-refractivity contribution is -0.0752. The molecular weight excluding hydrogens is 354 g/mol. The largest absolute Gasteiger partial charge is 0.494 e. The van der Waals surface area contributed by atoms with Crippen molar-refractivity contribution >= 4 is 17.4 Å². The predicted molar refractivity (Wildman–Crippen MR) is 108 cm³/mol. The molecule has 0 unspecified atom stereocenters. The molecule has 1 saturated heterocycles. The van der Waals surface area contributed by atoms with Crippen molar-refractivity contribution in [2.24, 2.45) is 0 Å². The standard InChI is InChI=1S/C22H27N3O3/c1-2-27-17-11-9-16(10-12-17)24-21-18(6-5-13-23-21)22(26)25-14-15-28-20-8-4-3-7-19(20)25/h5-6,9-13,19-20H,2-4,7-8,14-15H2,1H3,(H,23,24)/t19-,20-/m0/s1. The van der Waals surface area contributed by atoms with Gasteiger partial charge in [-0.15, -0.1) is 0 Å². The first-order valence-electron chi connectivity index (χ1n) is 10.1. The number of rotatable bonds is 5. The van der Waals surface area contributed by atoms with Crippen molar-refractivity contribution in [3.63, 3.8) is 0 Å². The van der Waals surface area contributed by atoms with Crippen molar-refractivity contribution in [3.8, 4) is 5.75 Å². The topological polar surface area (TPSA) is 63.7 Å². The molecule has 2 fully saturated rings. The number of anilines is 2. The van der Waals surface area contributed by atoms with Crippen LogP contribution in [0.3, 0.4) is 0 Å². The number of hydrogen-bond acceptors (Lipinski definition) is 5. The minimum Gasteiger partial charge on any atom is -0.494 e. The number of amides is 1. The van der Waals surface area contributed by atoms with Crippen molar-refractivity contribution < 1.29 is 14.3 Å². The van der Waals surface area contributed by atoms with Crippen molar-refractivity contribution in [1.29, 1.82) is 0 Å². The maximum absolute atomic E-state index is 13.4. The van der Waals surface area contributed by atoms with E-state index in [2.05, 4.69) is 10.3 Å². The third-order valence-electron chi connectivity index (χ3n) is 5.46. The zero-order valence-corrected chi connectivity index (χ0v) is 16.3. The van der Waals surface area contributed by atoms with Crippen LogP contribution in [0, 0.1) is 0 Å². The SMILES string of the molecule is CCOc1ccc(Nc2ncccc2C(=O)N2CCO[C@H]3CCCC[C@@H]32)cc1. The third-order valence-corrected chi connectivity index (χ3v) is 5.46. The van der Waals surface area contributed by atoms with Crippen molar-refractivity contribution in [2.45, 2.75) is 44.8 Å². The van der Waals surface area contributed by atoms with E-state index in [0.717, 1.165) is 30.7 Å². The molecule has 1 saturated carbocycles. The van der Waals surface area contributed by atoms with E-state index >= 15 is 0 Å². The van der Waals surface area contributed by atoms with Gasteiger partial charge in [0.05, 0.1) is 30.9 Å². The van der Waals surface area contributed by atoms with Crippen LogP contribution >= 0.6 is 0 Å². The van der Waals surface area contributed by atoms with E-state index in [4.69, 9.17) is 9.47 Å². The first-order chi connectivity index (χ1) is 13.8. The van der Waals surface area contributed by atoms with Crippen LogP contribution < -0.4 is 10.1 Å². The van der Waals surface area contributed by atoms with Crippen LogP contribution in [-0.4, -0.2) is 47.7 Å². The fourth-order valence-corrected chi connectivity index (χ4v) is 4.12. The molecule has 148 valence electrons. The molecule has 1 aromatic carbocycles. The number of carbonyl (C=O) groups excluding carboxylic acids is 1. The van der Waals surface area contributed by atoms with Crippen LogP contribution in [0.2, 0.25) is 0 Å². The minimum atomic E-state index is 0.0294. The number of nitrogens with zero attached hydrogens (tertiary/aromatic N) is 2. The van der Waals surface area contributed by atoms with Crippen molar-refractivity contribution in [2.75, 3.05) is 25.1 Å². The molecular formula is C22H27N3O3. The molecule has 28 heavy (non-hydrogen) atoms. The average molecular weight is 381 g/mol. The molecule has 2 heterocycles. The van der Waals surface area contributed by atoms with E-state index in [1.54, 1.807) is 6.20 Å². The van der Waals surface area contributed by atoms with Crippen molar-refractivity contribution in [3.05, 3.63) is 48.2 Å². The Balaban J connectivity index is 1.54. The summed E-state index contributed by atoms with van der Waals surface area (Å²) in [6.45, 7) is 3.83. The first-order valence-corrected chi connectivity index (χ1v) is 10.1. The van der Waals surface area contributed by atoms with E-state index < -0.39 is 0 Å². The zero-order valence-electron chi connectivity index (χ0n) is 16.3. The van der Waals surface area contributed by atoms with Crippen LogP contribution in [0.4, 0.5) is 11.5 Å². The molecule has 1 amide bonds. The van der Waals surface area contributed by atoms with E-state index in [1.165, 1.54) is 6.42 Å². The van der Waals surface area contributed by atoms with E-state index in [9.17, 15) is 4.79 Å². The number of morpholine rings is 1. The van der Waals surface area contributed by atoms with E-state index in [-0.39, 0.29) is 18.1 Å². The molecule has 2 atom stereocenters. The minimum absolute atomic E-state index is 0.0294. The molecule has 2 aliphatic rings. The smallest absolute Gasteiger partial charge is 0.258 e. The number of pyridine rings is 1. The lowest BCUT2D eigenvalue weighted by atomic mass is 9.89. The highest BCUT2D eigenvalue weighted by Gasteiger charge is 2.37. The highest BCUT2D eigenvalue weighted by atomic mass is 16.5. The van der Waals surface area contributed by atoms with Crippen LogP contribution in [0.15, 0.2) is 42.6 Å². The second-order valence-corrected chi connectivity index (χ2v) is 7.24. The number of aromatic nitrogens is 1. The van der Waals surface area contributed by atoms with E-state index in [0.29, 0.717) is 31.1 Å². The molecule has 1 N–H and O–H groups in total. The summed E-state index contributed by atoms with van der Waals surface area (Å²) < 4.78 is 11.4. The quantitative estimate of drug-likeness (QED) is 0.848. The second kappa shape index (κ2) is 8.61. The Morgan fingerprint density at radius 1 is 1.25 bits per heavy atom. The van der Waals surface area contributed by atoms with Gasteiger partial charge in [-0.05, 0) is 56.2 Å². The molecule has 1 aliphatic heterocycles. The van der Waals surface area contributed by atoms with Gasteiger partial charge in [0.1, 0.15) is 11.6 Å². The Labute approximate surface area is 165 Å². The molecule has 1 aromatic heterocycles. The third kappa shape index (κ3) is 3.97.